The van der Waals surface area contributed by atoms with Crippen molar-refractivity contribution < 1.29 is 24.2 Å². The second kappa shape index (κ2) is 15.3. The monoisotopic (exact) mass is 761 g/mol. The summed E-state index contributed by atoms with van der Waals surface area (Å²) in [4.78, 5) is 49.4. The molecule has 3 aliphatic heterocycles. The summed E-state index contributed by atoms with van der Waals surface area (Å²) in [5, 5.41) is 25.1. The van der Waals surface area contributed by atoms with Crippen LogP contribution in [0.1, 0.15) is 53.6 Å². The van der Waals surface area contributed by atoms with E-state index in [0.717, 1.165) is 43.6 Å². The maximum atomic E-state index is 14.2. The summed E-state index contributed by atoms with van der Waals surface area (Å²) in [6.45, 7) is 3.83. The van der Waals surface area contributed by atoms with E-state index < -0.39 is 22.8 Å². The van der Waals surface area contributed by atoms with Gasteiger partial charge in [-0.25, -0.2) is 9.48 Å². The van der Waals surface area contributed by atoms with Gasteiger partial charge in [0, 0.05) is 57.1 Å². The maximum Gasteiger partial charge on any atom is 0.318 e. The lowest BCUT2D eigenvalue weighted by molar-refractivity contribution is -0.141. The van der Waals surface area contributed by atoms with Crippen LogP contribution in [-0.4, -0.2) is 116 Å². The van der Waals surface area contributed by atoms with Crippen LogP contribution in [0.2, 0.25) is 10.0 Å². The highest BCUT2D eigenvalue weighted by atomic mass is 35.5. The lowest BCUT2D eigenvalue weighted by Gasteiger charge is -2.44. The van der Waals surface area contributed by atoms with Crippen LogP contribution in [0.3, 0.4) is 0 Å². The van der Waals surface area contributed by atoms with Gasteiger partial charge in [-0.15, -0.1) is 5.10 Å². The van der Waals surface area contributed by atoms with Crippen molar-refractivity contribution in [3.63, 3.8) is 0 Å². The number of tetrazole rings is 1. The van der Waals surface area contributed by atoms with Crippen molar-refractivity contribution in [2.24, 2.45) is 5.92 Å². The van der Waals surface area contributed by atoms with Crippen molar-refractivity contribution in [2.45, 2.75) is 43.1 Å². The summed E-state index contributed by atoms with van der Waals surface area (Å²) < 4.78 is 7.10. The molecule has 3 amide bonds. The number of ether oxygens (including phenoxy) is 1. The highest BCUT2D eigenvalue weighted by Gasteiger charge is 2.44. The summed E-state index contributed by atoms with van der Waals surface area (Å²) in [5.41, 5.74) is 2.05. The number of rotatable bonds is 10. The van der Waals surface area contributed by atoms with E-state index in [1.165, 1.54) is 11.0 Å². The quantitative estimate of drug-likeness (QED) is 0.233. The van der Waals surface area contributed by atoms with Gasteiger partial charge in [-0.1, -0.05) is 29.3 Å². The first-order valence-electron chi connectivity index (χ1n) is 17.7. The number of hydrogen-bond acceptors (Lipinski definition) is 9. The third-order valence-corrected chi connectivity index (χ3v) is 12.0. The summed E-state index contributed by atoms with van der Waals surface area (Å²) in [7, 11) is 1.54. The van der Waals surface area contributed by atoms with Gasteiger partial charge in [0.1, 0.15) is 12.1 Å². The summed E-state index contributed by atoms with van der Waals surface area (Å²) in [5.74, 6) is -1.11. The van der Waals surface area contributed by atoms with Gasteiger partial charge in [-0.2, -0.15) is 0 Å². The second-order valence-electron chi connectivity index (χ2n) is 14.1. The van der Waals surface area contributed by atoms with Crippen molar-refractivity contribution in [3.8, 4) is 11.4 Å². The van der Waals surface area contributed by atoms with E-state index in [2.05, 4.69) is 30.7 Å². The van der Waals surface area contributed by atoms with E-state index in [-0.39, 0.29) is 18.5 Å². The minimum absolute atomic E-state index is 0.151. The molecule has 0 saturated carbocycles. The highest BCUT2D eigenvalue weighted by molar-refractivity contribution is 6.42. The van der Waals surface area contributed by atoms with Crippen LogP contribution in [0.4, 0.5) is 4.79 Å². The number of urea groups is 1. The molecule has 0 aliphatic carbocycles. The van der Waals surface area contributed by atoms with Gasteiger partial charge in [0.15, 0.2) is 0 Å². The predicted molar refractivity (Wildman–Crippen MR) is 196 cm³/mol. The molecule has 2 aromatic heterocycles. The molecular formula is C37H41Cl2N9O5. The van der Waals surface area contributed by atoms with Gasteiger partial charge < -0.3 is 29.9 Å². The van der Waals surface area contributed by atoms with Crippen LogP contribution >= 0.6 is 23.2 Å². The van der Waals surface area contributed by atoms with Gasteiger partial charge in [-0.05, 0) is 103 Å². The molecule has 2 unspecified atom stereocenters. The van der Waals surface area contributed by atoms with Crippen LogP contribution < -0.4 is 10.1 Å². The molecule has 4 aromatic rings. The van der Waals surface area contributed by atoms with E-state index in [0.29, 0.717) is 65.9 Å². The molecule has 2 aromatic carbocycles. The third kappa shape index (κ3) is 7.53. The molecule has 2 atom stereocenters. The molecule has 14 nitrogen and oxygen atoms in total. The summed E-state index contributed by atoms with van der Waals surface area (Å²) >= 11 is 12.9. The molecular weight excluding hydrogens is 721 g/mol. The SMILES string of the molecule is COc1ccc(-n2cnnn2)cc1C(=O)N1CCC(CCN2CCC(NC(=O)N3CCC(C(=O)O)C3)(c3ccncc3)CC2)(c2ccc(Cl)c(Cl)c2)C1. The molecule has 0 spiro atoms. The molecule has 0 radical (unpaired) electrons. The standard InChI is InChI=1S/C37H41Cl2N9O5/c1-53-32-5-3-28(48-24-41-43-44-48)21-29(32)33(49)47-19-10-36(23-47,27-2-4-30(38)31(39)20-27)9-16-45-17-11-37(12-18-45,26-6-13-40-14-7-26)42-35(52)46-15-8-25(22-46)34(50)51/h2-7,13-14,20-21,24-25H,8-12,15-19,22-23H2,1H3,(H,42,52)(H,50,51). The van der Waals surface area contributed by atoms with Gasteiger partial charge >= 0.3 is 12.0 Å². The normalized spacial score (nSPS) is 21.5. The average Bonchev–Trinajstić information content (AvgIpc) is 3.98. The number of nitrogens with one attached hydrogen (secondary N) is 1. The number of nitrogens with zero attached hydrogens (tertiary/aromatic N) is 8. The molecule has 3 aliphatic rings. The van der Waals surface area contributed by atoms with Crippen LogP contribution in [-0.2, 0) is 15.7 Å². The number of hydrogen-bond donors (Lipinski definition) is 2. The molecule has 7 rings (SSSR count). The summed E-state index contributed by atoms with van der Waals surface area (Å²) in [6, 6.07) is 14.7. The number of carboxylic acids is 1. The zero-order valence-corrected chi connectivity index (χ0v) is 30.8. The second-order valence-corrected chi connectivity index (χ2v) is 14.9. The lowest BCUT2D eigenvalue weighted by atomic mass is 9.76. The minimum atomic E-state index is -0.874. The molecule has 0 bridgehead atoms. The zero-order chi connectivity index (χ0) is 37.2. The van der Waals surface area contributed by atoms with Gasteiger partial charge in [0.05, 0.1) is 39.9 Å². The number of methoxy groups -OCH3 is 1. The minimum Gasteiger partial charge on any atom is -0.496 e. The fraction of sp³-hybridized carbons (Fsp3) is 0.432. The van der Waals surface area contributed by atoms with Crippen molar-refractivity contribution in [1.29, 1.82) is 0 Å². The molecule has 3 fully saturated rings. The Hall–Kier alpha value is -4.79. The first kappa shape index (κ1) is 36.6. The molecule has 3 saturated heterocycles. The van der Waals surface area contributed by atoms with Gasteiger partial charge in [-0.3, -0.25) is 14.6 Å². The largest absolute Gasteiger partial charge is 0.496 e. The van der Waals surface area contributed by atoms with Crippen molar-refractivity contribution in [3.05, 3.63) is 94.0 Å². The van der Waals surface area contributed by atoms with E-state index in [1.54, 1.807) is 42.6 Å². The number of aliphatic carboxylic acids is 1. The Bertz CT molecular complexity index is 1960. The number of aromatic nitrogens is 5. The number of benzene rings is 2. The fourth-order valence-corrected chi connectivity index (χ4v) is 8.33. The number of carboxylic acid groups (broad SMARTS) is 1. The fourth-order valence-electron chi connectivity index (χ4n) is 8.03. The summed E-state index contributed by atoms with van der Waals surface area (Å²) in [6.07, 6.45) is 8.21. The number of piperidine rings is 1. The van der Waals surface area contributed by atoms with E-state index in [9.17, 15) is 19.5 Å². The number of likely N-dealkylation sites (tertiary alicyclic amines) is 3. The van der Waals surface area contributed by atoms with Crippen LogP contribution in [0.5, 0.6) is 5.75 Å². The Labute approximate surface area is 317 Å². The van der Waals surface area contributed by atoms with Crippen molar-refractivity contribution >= 4 is 41.1 Å². The highest BCUT2D eigenvalue weighted by Crippen LogP contribution is 2.42. The number of halogens is 2. The maximum absolute atomic E-state index is 14.2. The molecule has 16 heteroatoms. The van der Waals surface area contributed by atoms with Crippen LogP contribution in [0.25, 0.3) is 5.69 Å². The van der Waals surface area contributed by atoms with Crippen LogP contribution in [0.15, 0.2) is 67.3 Å². The zero-order valence-electron chi connectivity index (χ0n) is 29.3. The number of carbonyl (C=O) groups is 3. The lowest BCUT2D eigenvalue weighted by Crippen LogP contribution is -2.56. The molecule has 5 heterocycles. The number of carbonyl (C=O) groups excluding carboxylic acids is 2. The molecule has 2 N–H and O–H groups in total. The Morgan fingerprint density at radius 3 is 2.42 bits per heavy atom. The Morgan fingerprint density at radius 1 is 0.943 bits per heavy atom. The van der Waals surface area contributed by atoms with Crippen LogP contribution in [0, 0.1) is 5.92 Å². The third-order valence-electron chi connectivity index (χ3n) is 11.2. The van der Waals surface area contributed by atoms with E-state index >= 15 is 0 Å². The van der Waals surface area contributed by atoms with Gasteiger partial charge in [0.2, 0.25) is 0 Å². The first-order chi connectivity index (χ1) is 25.6. The first-order valence-corrected chi connectivity index (χ1v) is 18.4. The topological polar surface area (TPSA) is 159 Å². The Morgan fingerprint density at radius 2 is 1.74 bits per heavy atom. The number of pyridine rings is 1. The van der Waals surface area contributed by atoms with Crippen molar-refractivity contribution in [1.82, 2.24) is 45.2 Å². The average molecular weight is 763 g/mol. The Kier molecular flexibility index (Phi) is 10.5. The predicted octanol–water partition coefficient (Wildman–Crippen LogP) is 4.65. The smallest absolute Gasteiger partial charge is 0.318 e. The van der Waals surface area contributed by atoms with E-state index in [1.807, 2.05) is 35.2 Å². The van der Waals surface area contributed by atoms with E-state index in [4.69, 9.17) is 27.9 Å². The number of amides is 3. The van der Waals surface area contributed by atoms with Gasteiger partial charge in [0.25, 0.3) is 5.91 Å². The Balaban J connectivity index is 1.08. The molecule has 278 valence electrons. The molecule has 53 heavy (non-hydrogen) atoms. The van der Waals surface area contributed by atoms with Crippen molar-refractivity contribution in [2.75, 3.05) is 52.9 Å².